The average molecular weight is 509 g/mol. The summed E-state index contributed by atoms with van der Waals surface area (Å²) in [4.78, 5) is -3.62. The maximum atomic E-state index is 6.49. The van der Waals surface area contributed by atoms with E-state index in [2.05, 4.69) is 0 Å². The number of hydrogen-bond acceptors (Lipinski definition) is 0. The largest absolute Gasteiger partial charge is 0.153 e. The molecule has 0 amide bonds. The molecule has 0 N–H and O–H groups in total. The molecule has 0 fully saturated rings. The lowest BCUT2D eigenvalue weighted by atomic mass is 9.92. The van der Waals surface area contributed by atoms with Crippen molar-refractivity contribution < 1.29 is 0 Å². The summed E-state index contributed by atoms with van der Waals surface area (Å²) in [6.45, 7) is 0. The summed E-state index contributed by atoms with van der Waals surface area (Å²) < 4.78 is 0. The molecule has 0 saturated heterocycles. The van der Waals surface area contributed by atoms with Crippen molar-refractivity contribution in [2.75, 3.05) is 0 Å². The fraction of sp³-hybridized carbons (Fsp3) is 0.200. The minimum atomic E-state index is -1.81. The van der Waals surface area contributed by atoms with E-state index in [1.165, 1.54) is 0 Å². The van der Waals surface area contributed by atoms with E-state index >= 15 is 0 Å². The maximum absolute atomic E-state index is 6.49. The lowest BCUT2D eigenvalue weighted by Gasteiger charge is -2.38. The van der Waals surface area contributed by atoms with Crippen LogP contribution in [0.2, 0.25) is 0 Å². The molecular formula is C10H3Cl10P. The average Bonchev–Trinajstić information content (AvgIpc) is 2.68. The molecule has 0 bridgehead atoms. The first-order chi connectivity index (χ1) is 9.02. The van der Waals surface area contributed by atoms with E-state index in [0.717, 1.165) is 0 Å². The second-order valence-electron chi connectivity index (χ2n) is 3.83. The molecule has 0 aromatic carbocycles. The number of allylic oxidation sites excluding steroid dienone is 8. The number of halogens is 10. The van der Waals surface area contributed by atoms with E-state index in [0.29, 0.717) is 0 Å². The van der Waals surface area contributed by atoms with Crippen LogP contribution in [-0.2, 0) is 0 Å². The molecule has 0 nitrogen and oxygen atoms in total. The molecule has 0 aliphatic heterocycles. The molecule has 2 aliphatic carbocycles. The molecule has 11 heteroatoms. The van der Waals surface area contributed by atoms with Gasteiger partial charge in [0.2, 0.25) is 0 Å². The monoisotopic (exact) mass is 504 g/mol. The molecule has 2 aliphatic rings. The first kappa shape index (κ1) is 21.3. The Kier molecular flexibility index (Phi) is 7.00. The van der Waals surface area contributed by atoms with Crippen LogP contribution in [0.1, 0.15) is 0 Å². The Morgan fingerprint density at radius 1 is 0.429 bits per heavy atom. The highest BCUT2D eigenvalue weighted by molar-refractivity contribution is 6.92. The van der Waals surface area contributed by atoms with Crippen molar-refractivity contribution in [3.05, 3.63) is 40.3 Å². The Labute approximate surface area is 174 Å². The summed E-state index contributed by atoms with van der Waals surface area (Å²) in [5.41, 5.74) is 0. The molecule has 0 heterocycles. The van der Waals surface area contributed by atoms with E-state index in [-0.39, 0.29) is 50.2 Å². The van der Waals surface area contributed by atoms with Crippen LogP contribution >= 0.6 is 126 Å². The third kappa shape index (κ3) is 2.61. The lowest BCUT2D eigenvalue weighted by molar-refractivity contribution is 0.723. The third-order valence-electron chi connectivity index (χ3n) is 2.84. The quantitative estimate of drug-likeness (QED) is 0.251. The molecule has 118 valence electrons. The van der Waals surface area contributed by atoms with Gasteiger partial charge in [0.1, 0.15) is 9.75 Å². The van der Waals surface area contributed by atoms with Gasteiger partial charge in [-0.05, 0) is 0 Å². The van der Waals surface area contributed by atoms with Gasteiger partial charge < -0.3 is 0 Å². The molecule has 0 radical (unpaired) electrons. The fourth-order valence-corrected chi connectivity index (χ4v) is 5.49. The molecular weight excluding hydrogens is 506 g/mol. The van der Waals surface area contributed by atoms with Gasteiger partial charge in [-0.25, -0.2) is 0 Å². The first-order valence-electron chi connectivity index (χ1n) is 4.64. The van der Waals surface area contributed by atoms with Crippen molar-refractivity contribution in [1.29, 1.82) is 0 Å². The Bertz CT molecular complexity index is 536. The van der Waals surface area contributed by atoms with Gasteiger partial charge in [-0.15, -0.1) is 23.2 Å². The predicted molar refractivity (Wildman–Crippen MR) is 103 cm³/mol. The Morgan fingerprint density at radius 3 is 0.714 bits per heavy atom. The maximum Gasteiger partial charge on any atom is 0.147 e. The highest BCUT2D eigenvalue weighted by Gasteiger charge is 2.65. The second kappa shape index (κ2) is 6.89. The highest BCUT2D eigenvalue weighted by atomic mass is 35.5. The number of rotatable bonds is 1. The van der Waals surface area contributed by atoms with Gasteiger partial charge in [0.05, 0.1) is 40.3 Å². The van der Waals surface area contributed by atoms with Gasteiger partial charge in [-0.2, -0.15) is 9.90 Å². The number of hydrogen-bond donors (Lipinski definition) is 0. The van der Waals surface area contributed by atoms with Gasteiger partial charge in [0.15, 0.2) is 0 Å². The van der Waals surface area contributed by atoms with Crippen LogP contribution in [0.25, 0.3) is 0 Å². The van der Waals surface area contributed by atoms with Crippen LogP contribution in [0.5, 0.6) is 0 Å². The minimum absolute atomic E-state index is 0. The van der Waals surface area contributed by atoms with Crippen molar-refractivity contribution in [3.8, 4) is 0 Å². The van der Waals surface area contributed by atoms with Crippen molar-refractivity contribution in [3.63, 3.8) is 0 Å². The van der Waals surface area contributed by atoms with Crippen molar-refractivity contribution in [2.45, 2.75) is 9.75 Å². The predicted octanol–water partition coefficient (Wildman–Crippen LogP) is 7.78. The SMILES string of the molecule is ClC1=C(Cl)C(Cl)(C2(Cl)C(Cl)=C(Cl)C(Cl)=C2Cl)C(Cl)=C1Cl.P. The summed E-state index contributed by atoms with van der Waals surface area (Å²) in [6, 6.07) is 0. The van der Waals surface area contributed by atoms with E-state index < -0.39 is 9.75 Å². The summed E-state index contributed by atoms with van der Waals surface area (Å²) >= 11 is 61.3. The van der Waals surface area contributed by atoms with Crippen LogP contribution in [0.4, 0.5) is 0 Å². The minimum Gasteiger partial charge on any atom is -0.153 e. The van der Waals surface area contributed by atoms with Crippen LogP contribution in [0.15, 0.2) is 40.3 Å². The van der Waals surface area contributed by atoms with Gasteiger partial charge >= 0.3 is 0 Å². The van der Waals surface area contributed by atoms with Crippen LogP contribution in [0.3, 0.4) is 0 Å². The van der Waals surface area contributed by atoms with E-state index in [9.17, 15) is 0 Å². The van der Waals surface area contributed by atoms with Gasteiger partial charge in [0.25, 0.3) is 0 Å². The van der Waals surface area contributed by atoms with Crippen molar-refractivity contribution in [1.82, 2.24) is 0 Å². The first-order valence-corrected chi connectivity index (χ1v) is 8.42. The zero-order chi connectivity index (χ0) is 15.6. The summed E-state index contributed by atoms with van der Waals surface area (Å²) in [5, 5.41) is -0.724. The van der Waals surface area contributed by atoms with Crippen molar-refractivity contribution >= 4 is 126 Å². The zero-order valence-corrected chi connectivity index (χ0v) is 18.5. The smallest absolute Gasteiger partial charge is 0.147 e. The molecule has 1 unspecified atom stereocenters. The molecule has 0 spiro atoms. The topological polar surface area (TPSA) is 0 Å². The highest BCUT2D eigenvalue weighted by Crippen LogP contribution is 2.67. The van der Waals surface area contributed by atoms with Gasteiger partial charge in [0, 0.05) is 0 Å². The van der Waals surface area contributed by atoms with E-state index in [1.807, 2.05) is 0 Å². The van der Waals surface area contributed by atoms with E-state index in [1.54, 1.807) is 0 Å². The Balaban J connectivity index is 0.00000220. The van der Waals surface area contributed by atoms with E-state index in [4.69, 9.17) is 116 Å². The summed E-state index contributed by atoms with van der Waals surface area (Å²) in [6.07, 6.45) is 0. The normalized spacial score (nSPS) is 24.3. The lowest BCUT2D eigenvalue weighted by Crippen LogP contribution is -2.46. The second-order valence-corrected chi connectivity index (χ2v) is 7.99. The summed E-state index contributed by atoms with van der Waals surface area (Å²) in [5.74, 6) is 0. The standard InChI is InChI=1S/C10Cl10.H3P/c11-1-2(12)6(16)9(19,5(1)15)10(20)7(17)3(13)4(14)8(10)18;/h;1H3. The Morgan fingerprint density at radius 2 is 0.571 bits per heavy atom. The fourth-order valence-electron chi connectivity index (χ4n) is 1.79. The molecule has 21 heavy (non-hydrogen) atoms. The van der Waals surface area contributed by atoms with Gasteiger partial charge in [-0.1, -0.05) is 92.8 Å². The summed E-state index contributed by atoms with van der Waals surface area (Å²) in [7, 11) is 0. The van der Waals surface area contributed by atoms with Crippen LogP contribution < -0.4 is 0 Å². The zero-order valence-electron chi connectivity index (χ0n) is 9.49. The van der Waals surface area contributed by atoms with Crippen LogP contribution in [0, 0.1) is 0 Å². The molecule has 1 atom stereocenters. The van der Waals surface area contributed by atoms with Crippen molar-refractivity contribution in [2.24, 2.45) is 0 Å². The van der Waals surface area contributed by atoms with Crippen LogP contribution in [-0.4, -0.2) is 9.75 Å². The third-order valence-corrected chi connectivity index (χ3v) is 8.63. The number of alkyl halides is 2. The molecule has 0 aromatic heterocycles. The van der Waals surface area contributed by atoms with Gasteiger partial charge in [-0.3, -0.25) is 0 Å². The molecule has 0 aromatic rings. The molecule has 0 saturated carbocycles. The Hall–Kier alpha value is 2.29. The molecule has 2 rings (SSSR count).